The summed E-state index contributed by atoms with van der Waals surface area (Å²) in [5.41, 5.74) is 2.86. The van der Waals surface area contributed by atoms with Crippen molar-refractivity contribution < 1.29 is 9.21 Å². The lowest BCUT2D eigenvalue weighted by Gasteiger charge is -2.36. The van der Waals surface area contributed by atoms with Gasteiger partial charge in [0.15, 0.2) is 0 Å². The minimum absolute atomic E-state index is 0.0145. The number of aromatic nitrogens is 2. The van der Waals surface area contributed by atoms with Gasteiger partial charge in [-0.25, -0.2) is 0 Å². The third kappa shape index (κ3) is 3.82. The number of benzene rings is 2. The second-order valence-corrected chi connectivity index (χ2v) is 7.18. The molecule has 0 spiro atoms. The Labute approximate surface area is 164 Å². The minimum Gasteiger partial charge on any atom is -0.419 e. The highest BCUT2D eigenvalue weighted by molar-refractivity contribution is 5.94. The van der Waals surface area contributed by atoms with E-state index in [4.69, 9.17) is 4.42 Å². The summed E-state index contributed by atoms with van der Waals surface area (Å²) in [6.07, 6.45) is 0. The van der Waals surface area contributed by atoms with Crippen LogP contribution in [0.3, 0.4) is 0 Å². The topological polar surface area (TPSA) is 62.5 Å². The Hall–Kier alpha value is -2.99. The largest absolute Gasteiger partial charge is 0.419 e. The second kappa shape index (κ2) is 7.94. The molecule has 0 radical (unpaired) electrons. The average Bonchev–Trinajstić information content (AvgIpc) is 3.24. The summed E-state index contributed by atoms with van der Waals surface area (Å²) in [6, 6.07) is 17.5. The van der Waals surface area contributed by atoms with Crippen LogP contribution >= 0.6 is 0 Å². The normalized spacial score (nSPS) is 16.1. The Kier molecular flexibility index (Phi) is 5.21. The smallest absolute Gasteiger partial charge is 0.253 e. The lowest BCUT2D eigenvalue weighted by Crippen LogP contribution is -2.49. The summed E-state index contributed by atoms with van der Waals surface area (Å²) < 4.78 is 5.92. The van der Waals surface area contributed by atoms with E-state index in [9.17, 15) is 4.79 Å². The first kappa shape index (κ1) is 18.4. The average molecular weight is 376 g/mol. The highest BCUT2D eigenvalue weighted by atomic mass is 16.4. The molecule has 0 N–H and O–H groups in total. The molecule has 144 valence electrons. The molecule has 1 fully saturated rings. The monoisotopic (exact) mass is 376 g/mol. The molecule has 1 atom stereocenters. The Morgan fingerprint density at radius 1 is 0.964 bits per heavy atom. The number of nitrogens with zero attached hydrogens (tertiary/aromatic N) is 4. The summed E-state index contributed by atoms with van der Waals surface area (Å²) in [6.45, 7) is 7.06. The van der Waals surface area contributed by atoms with Crippen LogP contribution in [0.1, 0.15) is 34.8 Å². The maximum atomic E-state index is 12.6. The maximum Gasteiger partial charge on any atom is 0.253 e. The van der Waals surface area contributed by atoms with Crippen molar-refractivity contribution in [2.45, 2.75) is 19.9 Å². The molecule has 28 heavy (non-hydrogen) atoms. The fraction of sp³-hybridized carbons (Fsp3) is 0.318. The molecule has 1 saturated heterocycles. The highest BCUT2D eigenvalue weighted by Crippen LogP contribution is 2.25. The van der Waals surface area contributed by atoms with Crippen molar-refractivity contribution in [3.63, 3.8) is 0 Å². The fourth-order valence-corrected chi connectivity index (χ4v) is 3.45. The fourth-order valence-electron chi connectivity index (χ4n) is 3.45. The van der Waals surface area contributed by atoms with Crippen molar-refractivity contribution in [3.05, 3.63) is 71.6 Å². The zero-order chi connectivity index (χ0) is 19.5. The maximum absolute atomic E-state index is 12.6. The third-order valence-electron chi connectivity index (χ3n) is 5.27. The standard InChI is InChI=1S/C22H24N4O2/c1-16-8-10-18(11-9-16)21-24-23-20(28-21)17(2)25-12-14-26(15-13-25)22(27)19-6-4-3-5-7-19/h3-11,17H,12-15H2,1-2H3. The molecule has 1 aromatic heterocycles. The van der Waals surface area contributed by atoms with E-state index >= 15 is 0 Å². The molecule has 6 nitrogen and oxygen atoms in total. The summed E-state index contributed by atoms with van der Waals surface area (Å²) in [5, 5.41) is 8.46. The summed E-state index contributed by atoms with van der Waals surface area (Å²) in [5.74, 6) is 1.24. The third-order valence-corrected chi connectivity index (χ3v) is 5.27. The lowest BCUT2D eigenvalue weighted by atomic mass is 10.1. The van der Waals surface area contributed by atoms with Gasteiger partial charge in [0.05, 0.1) is 6.04 Å². The molecule has 6 heteroatoms. The van der Waals surface area contributed by atoms with Gasteiger partial charge >= 0.3 is 0 Å². The second-order valence-electron chi connectivity index (χ2n) is 7.18. The molecule has 1 unspecified atom stereocenters. The Bertz CT molecular complexity index is 929. The van der Waals surface area contributed by atoms with Crippen LogP contribution in [0.25, 0.3) is 11.5 Å². The van der Waals surface area contributed by atoms with E-state index < -0.39 is 0 Å². The molecule has 1 amide bonds. The molecule has 1 aliphatic heterocycles. The van der Waals surface area contributed by atoms with E-state index in [1.807, 2.05) is 66.4 Å². The first-order valence-corrected chi connectivity index (χ1v) is 9.60. The predicted molar refractivity (Wildman–Crippen MR) is 107 cm³/mol. The van der Waals surface area contributed by atoms with Crippen LogP contribution in [0, 0.1) is 6.92 Å². The molecule has 0 bridgehead atoms. The van der Waals surface area contributed by atoms with E-state index in [-0.39, 0.29) is 11.9 Å². The van der Waals surface area contributed by atoms with Crippen LogP contribution in [0.2, 0.25) is 0 Å². The minimum atomic E-state index is 0.0145. The Morgan fingerprint density at radius 2 is 1.64 bits per heavy atom. The van der Waals surface area contributed by atoms with Crippen LogP contribution in [-0.2, 0) is 0 Å². The molecular weight excluding hydrogens is 352 g/mol. The summed E-state index contributed by atoms with van der Waals surface area (Å²) >= 11 is 0. The van der Waals surface area contributed by atoms with Crippen molar-refractivity contribution in [2.75, 3.05) is 26.2 Å². The first-order valence-electron chi connectivity index (χ1n) is 9.60. The molecule has 4 rings (SSSR count). The van der Waals surface area contributed by atoms with Gasteiger partial charge in [-0.1, -0.05) is 35.9 Å². The van der Waals surface area contributed by atoms with Gasteiger partial charge in [0.2, 0.25) is 11.8 Å². The molecule has 0 aliphatic carbocycles. The van der Waals surface area contributed by atoms with E-state index in [0.29, 0.717) is 24.9 Å². The van der Waals surface area contributed by atoms with Gasteiger partial charge in [-0.2, -0.15) is 0 Å². The van der Waals surface area contributed by atoms with Crippen LogP contribution in [0.15, 0.2) is 59.0 Å². The highest BCUT2D eigenvalue weighted by Gasteiger charge is 2.28. The zero-order valence-corrected chi connectivity index (χ0v) is 16.2. The van der Waals surface area contributed by atoms with Crippen molar-refractivity contribution >= 4 is 5.91 Å². The molecule has 2 heterocycles. The van der Waals surface area contributed by atoms with Crippen molar-refractivity contribution in [2.24, 2.45) is 0 Å². The van der Waals surface area contributed by atoms with E-state index in [0.717, 1.165) is 24.2 Å². The lowest BCUT2D eigenvalue weighted by molar-refractivity contribution is 0.0559. The molecule has 3 aromatic rings. The number of piperazine rings is 1. The first-order chi connectivity index (χ1) is 13.6. The number of aryl methyl sites for hydroxylation is 1. The number of rotatable bonds is 4. The van der Waals surface area contributed by atoms with Gasteiger partial charge < -0.3 is 9.32 Å². The number of hydrogen-bond acceptors (Lipinski definition) is 5. The van der Waals surface area contributed by atoms with Gasteiger partial charge in [-0.3, -0.25) is 9.69 Å². The number of carbonyl (C=O) groups excluding carboxylic acids is 1. The number of hydrogen-bond donors (Lipinski definition) is 0. The van der Waals surface area contributed by atoms with Gasteiger partial charge in [0.1, 0.15) is 0 Å². The van der Waals surface area contributed by atoms with Crippen molar-refractivity contribution in [1.29, 1.82) is 0 Å². The van der Waals surface area contributed by atoms with Crippen LogP contribution in [0.5, 0.6) is 0 Å². The Morgan fingerprint density at radius 3 is 2.32 bits per heavy atom. The summed E-state index contributed by atoms with van der Waals surface area (Å²) in [4.78, 5) is 16.8. The molecule has 2 aromatic carbocycles. The molecular formula is C22H24N4O2. The van der Waals surface area contributed by atoms with Gasteiger partial charge in [0.25, 0.3) is 5.91 Å². The van der Waals surface area contributed by atoms with Gasteiger partial charge in [-0.05, 0) is 38.1 Å². The Balaban J connectivity index is 1.38. The molecule has 1 aliphatic rings. The molecule has 0 saturated carbocycles. The van der Waals surface area contributed by atoms with E-state index in [1.165, 1.54) is 5.56 Å². The van der Waals surface area contributed by atoms with Crippen LogP contribution in [0.4, 0.5) is 0 Å². The van der Waals surface area contributed by atoms with Gasteiger partial charge in [-0.15, -0.1) is 10.2 Å². The zero-order valence-electron chi connectivity index (χ0n) is 16.2. The van der Waals surface area contributed by atoms with Gasteiger partial charge in [0, 0.05) is 37.3 Å². The van der Waals surface area contributed by atoms with Crippen LogP contribution < -0.4 is 0 Å². The number of amides is 1. The van der Waals surface area contributed by atoms with Crippen molar-refractivity contribution in [1.82, 2.24) is 20.0 Å². The van der Waals surface area contributed by atoms with E-state index in [2.05, 4.69) is 22.0 Å². The van der Waals surface area contributed by atoms with E-state index in [1.54, 1.807) is 0 Å². The SMILES string of the molecule is Cc1ccc(-c2nnc(C(C)N3CCN(C(=O)c4ccccc4)CC3)o2)cc1. The van der Waals surface area contributed by atoms with Crippen LogP contribution in [-0.4, -0.2) is 52.1 Å². The quantitative estimate of drug-likeness (QED) is 0.697. The van der Waals surface area contributed by atoms with Crippen molar-refractivity contribution in [3.8, 4) is 11.5 Å². The summed E-state index contributed by atoms with van der Waals surface area (Å²) in [7, 11) is 0. The predicted octanol–water partition coefficient (Wildman–Crippen LogP) is 3.56. The number of carbonyl (C=O) groups is 1.